The molecule has 0 saturated heterocycles. The maximum absolute atomic E-state index is 11.4. The molecule has 0 radical (unpaired) electrons. The average molecular weight is 270 g/mol. The summed E-state index contributed by atoms with van der Waals surface area (Å²) >= 11 is 5.53. The van der Waals surface area contributed by atoms with E-state index in [1.54, 1.807) is 7.11 Å². The van der Waals surface area contributed by atoms with Crippen LogP contribution in [0, 0.1) is 0 Å². The molecule has 0 spiro atoms. The number of carbonyl (C=O) groups excluding carboxylic acids is 1. The molecule has 0 saturated carbocycles. The predicted molar refractivity (Wildman–Crippen MR) is 74.4 cm³/mol. The number of methoxy groups -OCH3 is 1. The Kier molecular flexibility index (Phi) is 5.48. The van der Waals surface area contributed by atoms with Gasteiger partial charge in [0.1, 0.15) is 5.75 Å². The van der Waals surface area contributed by atoms with E-state index in [0.717, 1.165) is 11.3 Å². The number of nitrogens with one attached hydrogen (secondary N) is 1. The van der Waals surface area contributed by atoms with Crippen LogP contribution in [0.2, 0.25) is 0 Å². The van der Waals surface area contributed by atoms with E-state index in [2.05, 4.69) is 19.2 Å². The summed E-state index contributed by atoms with van der Waals surface area (Å²) in [6, 6.07) is 7.86. The van der Waals surface area contributed by atoms with E-state index in [1.807, 2.05) is 24.3 Å². The summed E-state index contributed by atoms with van der Waals surface area (Å²) in [6.45, 7) is 4.71. The predicted octanol–water partition coefficient (Wildman–Crippen LogP) is 2.72. The Morgan fingerprint density at radius 1 is 1.39 bits per heavy atom. The van der Waals surface area contributed by atoms with Crippen molar-refractivity contribution < 1.29 is 9.53 Å². The second-order valence-electron chi connectivity index (χ2n) is 4.80. The van der Waals surface area contributed by atoms with Crippen molar-refractivity contribution in [3.05, 3.63) is 29.8 Å². The van der Waals surface area contributed by atoms with Gasteiger partial charge in [-0.3, -0.25) is 4.79 Å². The molecule has 1 N–H and O–H groups in total. The Bertz CT molecular complexity index is 405. The number of amides is 1. The number of hydrogen-bond acceptors (Lipinski definition) is 2. The highest BCUT2D eigenvalue weighted by Gasteiger charge is 2.24. The van der Waals surface area contributed by atoms with Gasteiger partial charge >= 0.3 is 0 Å². The van der Waals surface area contributed by atoms with Crippen LogP contribution in [0.25, 0.3) is 0 Å². The minimum atomic E-state index is -0.186. The Hall–Kier alpha value is -1.22. The summed E-state index contributed by atoms with van der Waals surface area (Å²) in [5.74, 6) is 1.17. The quantitative estimate of drug-likeness (QED) is 0.807. The van der Waals surface area contributed by atoms with Gasteiger partial charge in [0, 0.05) is 29.8 Å². The molecule has 0 aliphatic rings. The molecule has 18 heavy (non-hydrogen) atoms. The zero-order valence-electron chi connectivity index (χ0n) is 11.1. The number of alkyl halides is 1. The van der Waals surface area contributed by atoms with Crippen LogP contribution in [-0.4, -0.2) is 25.4 Å². The summed E-state index contributed by atoms with van der Waals surface area (Å²) in [5, 5.41) is 2.89. The second-order valence-corrected chi connectivity index (χ2v) is 5.18. The van der Waals surface area contributed by atoms with Gasteiger partial charge in [0.2, 0.25) is 5.91 Å². The molecular weight excluding hydrogens is 250 g/mol. The highest BCUT2D eigenvalue weighted by Crippen LogP contribution is 2.30. The molecule has 0 aliphatic heterocycles. The fourth-order valence-corrected chi connectivity index (χ4v) is 1.96. The molecule has 3 nitrogen and oxygen atoms in total. The van der Waals surface area contributed by atoms with Crippen molar-refractivity contribution in [3.8, 4) is 5.75 Å². The molecule has 1 rings (SSSR count). The van der Waals surface area contributed by atoms with Crippen molar-refractivity contribution in [2.45, 2.75) is 25.7 Å². The van der Waals surface area contributed by atoms with Crippen LogP contribution in [0.15, 0.2) is 24.3 Å². The summed E-state index contributed by atoms with van der Waals surface area (Å²) in [7, 11) is 1.65. The first-order valence-electron chi connectivity index (χ1n) is 5.97. The third-order valence-electron chi connectivity index (χ3n) is 2.89. The highest BCUT2D eigenvalue weighted by molar-refractivity contribution is 6.18. The molecule has 0 atom stereocenters. The van der Waals surface area contributed by atoms with Crippen LogP contribution in [0.1, 0.15) is 25.8 Å². The molecule has 0 aromatic heterocycles. The van der Waals surface area contributed by atoms with Crippen LogP contribution < -0.4 is 10.1 Å². The molecule has 0 aliphatic carbocycles. The number of benzene rings is 1. The fourth-order valence-electron chi connectivity index (χ4n) is 1.79. The van der Waals surface area contributed by atoms with Crippen molar-refractivity contribution in [3.63, 3.8) is 0 Å². The maximum atomic E-state index is 11.4. The SMILES string of the molecule is COc1ccccc1C(C)(C)CNC(=O)CCCl. The number of ether oxygens (including phenoxy) is 1. The number of rotatable bonds is 6. The Morgan fingerprint density at radius 2 is 2.06 bits per heavy atom. The van der Waals surface area contributed by atoms with Gasteiger partial charge in [-0.05, 0) is 6.07 Å². The van der Waals surface area contributed by atoms with Crippen molar-refractivity contribution in [1.29, 1.82) is 0 Å². The van der Waals surface area contributed by atoms with Crippen molar-refractivity contribution in [2.75, 3.05) is 19.5 Å². The van der Waals surface area contributed by atoms with Crippen LogP contribution in [0.4, 0.5) is 0 Å². The van der Waals surface area contributed by atoms with Gasteiger partial charge in [-0.15, -0.1) is 11.6 Å². The molecule has 0 unspecified atom stereocenters. The molecule has 1 aromatic carbocycles. The molecule has 4 heteroatoms. The standard InChI is InChI=1S/C14H20ClNO2/c1-14(2,10-16-13(17)8-9-15)11-6-4-5-7-12(11)18-3/h4-7H,8-10H2,1-3H3,(H,16,17). The molecular formula is C14H20ClNO2. The van der Waals surface area contributed by atoms with Gasteiger partial charge in [-0.2, -0.15) is 0 Å². The summed E-state index contributed by atoms with van der Waals surface area (Å²) in [5.41, 5.74) is 0.896. The van der Waals surface area contributed by atoms with E-state index >= 15 is 0 Å². The lowest BCUT2D eigenvalue weighted by atomic mass is 9.84. The minimum Gasteiger partial charge on any atom is -0.496 e. The first-order valence-corrected chi connectivity index (χ1v) is 6.51. The van der Waals surface area contributed by atoms with Gasteiger partial charge in [0.15, 0.2) is 0 Å². The fraction of sp³-hybridized carbons (Fsp3) is 0.500. The number of halogens is 1. The number of hydrogen-bond donors (Lipinski definition) is 1. The van der Waals surface area contributed by atoms with E-state index in [-0.39, 0.29) is 11.3 Å². The smallest absolute Gasteiger partial charge is 0.221 e. The first kappa shape index (κ1) is 14.8. The number of carbonyl (C=O) groups is 1. The summed E-state index contributed by atoms with van der Waals surface area (Å²) < 4.78 is 5.35. The third-order valence-corrected chi connectivity index (χ3v) is 3.07. The summed E-state index contributed by atoms with van der Waals surface area (Å²) in [6.07, 6.45) is 0.351. The molecule has 0 heterocycles. The molecule has 0 bridgehead atoms. The van der Waals surface area contributed by atoms with Crippen LogP contribution in [0.3, 0.4) is 0 Å². The van der Waals surface area contributed by atoms with Crippen LogP contribution in [0.5, 0.6) is 5.75 Å². The molecule has 1 aromatic rings. The van der Waals surface area contributed by atoms with Gasteiger partial charge < -0.3 is 10.1 Å². The zero-order valence-corrected chi connectivity index (χ0v) is 11.9. The van der Waals surface area contributed by atoms with Gasteiger partial charge in [0.05, 0.1) is 7.11 Å². The van der Waals surface area contributed by atoms with Gasteiger partial charge in [0.25, 0.3) is 0 Å². The lowest BCUT2D eigenvalue weighted by molar-refractivity contribution is -0.120. The maximum Gasteiger partial charge on any atom is 0.221 e. The summed E-state index contributed by atoms with van der Waals surface area (Å²) in [4.78, 5) is 11.4. The van der Waals surface area contributed by atoms with Crippen molar-refractivity contribution in [1.82, 2.24) is 5.32 Å². The Morgan fingerprint density at radius 3 is 2.67 bits per heavy atom. The Labute approximate surface area is 113 Å². The first-order chi connectivity index (χ1) is 8.51. The lowest BCUT2D eigenvalue weighted by Gasteiger charge is -2.27. The van der Waals surface area contributed by atoms with E-state index in [4.69, 9.17) is 16.3 Å². The monoisotopic (exact) mass is 269 g/mol. The van der Waals surface area contributed by atoms with Crippen LogP contribution >= 0.6 is 11.6 Å². The van der Waals surface area contributed by atoms with Crippen molar-refractivity contribution >= 4 is 17.5 Å². The minimum absolute atomic E-state index is 0.0204. The Balaban J connectivity index is 2.76. The van der Waals surface area contributed by atoms with E-state index < -0.39 is 0 Å². The zero-order chi connectivity index (χ0) is 13.6. The molecule has 100 valence electrons. The molecule has 0 fully saturated rings. The van der Waals surface area contributed by atoms with E-state index in [0.29, 0.717) is 18.8 Å². The highest BCUT2D eigenvalue weighted by atomic mass is 35.5. The van der Waals surface area contributed by atoms with E-state index in [1.165, 1.54) is 0 Å². The third kappa shape index (κ3) is 3.91. The van der Waals surface area contributed by atoms with Gasteiger partial charge in [-0.1, -0.05) is 32.0 Å². The second kappa shape index (κ2) is 6.64. The van der Waals surface area contributed by atoms with Gasteiger partial charge in [-0.25, -0.2) is 0 Å². The normalized spacial score (nSPS) is 11.1. The number of para-hydroxylation sites is 1. The van der Waals surface area contributed by atoms with E-state index in [9.17, 15) is 4.79 Å². The molecule has 1 amide bonds. The largest absolute Gasteiger partial charge is 0.496 e. The topological polar surface area (TPSA) is 38.3 Å². The van der Waals surface area contributed by atoms with Crippen LogP contribution in [-0.2, 0) is 10.2 Å². The average Bonchev–Trinajstić information content (AvgIpc) is 2.37. The van der Waals surface area contributed by atoms with Crippen molar-refractivity contribution in [2.24, 2.45) is 0 Å². The lowest BCUT2D eigenvalue weighted by Crippen LogP contribution is -2.37.